The van der Waals surface area contributed by atoms with E-state index in [1.807, 2.05) is 12.1 Å². The third-order valence-electron chi connectivity index (χ3n) is 5.21. The Morgan fingerprint density at radius 3 is 2.30 bits per heavy atom. The highest BCUT2D eigenvalue weighted by Gasteiger charge is 2.33. The van der Waals surface area contributed by atoms with Crippen LogP contribution in [0.4, 0.5) is 4.79 Å². The molecular weight excluding hydrogens is 288 g/mol. The van der Waals surface area contributed by atoms with Gasteiger partial charge < -0.3 is 15.4 Å². The second kappa shape index (κ2) is 7.24. The van der Waals surface area contributed by atoms with E-state index in [4.69, 9.17) is 4.74 Å². The van der Waals surface area contributed by atoms with E-state index in [9.17, 15) is 4.79 Å². The zero-order valence-corrected chi connectivity index (χ0v) is 14.2. The first-order valence-electron chi connectivity index (χ1n) is 8.86. The number of urea groups is 1. The molecule has 2 aliphatic carbocycles. The molecule has 4 nitrogen and oxygen atoms in total. The fraction of sp³-hybridized carbons (Fsp3) is 0.632. The summed E-state index contributed by atoms with van der Waals surface area (Å²) in [4.78, 5) is 12.4. The largest absolute Gasteiger partial charge is 0.497 e. The van der Waals surface area contributed by atoms with Gasteiger partial charge >= 0.3 is 6.03 Å². The van der Waals surface area contributed by atoms with Crippen LogP contribution in [0.3, 0.4) is 0 Å². The fourth-order valence-electron chi connectivity index (χ4n) is 3.49. The minimum absolute atomic E-state index is 0.0164. The van der Waals surface area contributed by atoms with Gasteiger partial charge in [0.15, 0.2) is 0 Å². The van der Waals surface area contributed by atoms with Crippen LogP contribution in [0.1, 0.15) is 57.1 Å². The third-order valence-corrected chi connectivity index (χ3v) is 5.21. The number of benzene rings is 1. The molecule has 2 fully saturated rings. The van der Waals surface area contributed by atoms with Crippen LogP contribution in [0.25, 0.3) is 0 Å². The first-order valence-corrected chi connectivity index (χ1v) is 8.86. The number of nitrogens with one attached hydrogen (secondary N) is 2. The Morgan fingerprint density at radius 1 is 1.09 bits per heavy atom. The van der Waals surface area contributed by atoms with E-state index in [0.717, 1.165) is 24.5 Å². The van der Waals surface area contributed by atoms with Crippen molar-refractivity contribution in [2.45, 2.75) is 57.5 Å². The Labute approximate surface area is 139 Å². The topological polar surface area (TPSA) is 50.4 Å². The van der Waals surface area contributed by atoms with Crippen molar-refractivity contribution < 1.29 is 9.53 Å². The van der Waals surface area contributed by atoms with Crippen molar-refractivity contribution in [3.05, 3.63) is 29.8 Å². The lowest BCUT2D eigenvalue weighted by molar-refractivity contribution is 0.223. The second-order valence-electron chi connectivity index (χ2n) is 7.16. The molecule has 2 aliphatic rings. The number of methoxy groups -OCH3 is 1. The first-order chi connectivity index (χ1) is 11.2. The minimum atomic E-state index is -0.0164. The lowest BCUT2D eigenvalue weighted by Gasteiger charge is -2.28. The summed E-state index contributed by atoms with van der Waals surface area (Å²) in [5.41, 5.74) is 1.17. The van der Waals surface area contributed by atoms with Crippen LogP contribution in [-0.4, -0.2) is 19.2 Å². The van der Waals surface area contributed by atoms with Gasteiger partial charge in [-0.1, -0.05) is 19.1 Å². The fourth-order valence-corrected chi connectivity index (χ4v) is 3.49. The molecular formula is C19H28N2O2. The van der Waals surface area contributed by atoms with Gasteiger partial charge in [0.1, 0.15) is 5.75 Å². The Kier molecular flexibility index (Phi) is 5.09. The summed E-state index contributed by atoms with van der Waals surface area (Å²) in [6.07, 6.45) is 7.03. The maximum Gasteiger partial charge on any atom is 0.315 e. The highest BCUT2D eigenvalue weighted by atomic mass is 16.5. The normalized spacial score (nSPS) is 25.5. The van der Waals surface area contributed by atoms with Crippen LogP contribution in [-0.2, 0) is 0 Å². The smallest absolute Gasteiger partial charge is 0.315 e. The number of rotatable bonds is 5. The molecule has 1 aromatic carbocycles. The van der Waals surface area contributed by atoms with E-state index in [-0.39, 0.29) is 12.1 Å². The quantitative estimate of drug-likeness (QED) is 0.862. The zero-order valence-electron chi connectivity index (χ0n) is 14.2. The molecule has 2 amide bonds. The summed E-state index contributed by atoms with van der Waals surface area (Å²) in [6, 6.07) is 8.48. The molecule has 0 radical (unpaired) electrons. The van der Waals surface area contributed by atoms with Gasteiger partial charge in [0.25, 0.3) is 0 Å². The molecule has 1 aromatic rings. The highest BCUT2D eigenvalue weighted by molar-refractivity contribution is 5.75. The van der Waals surface area contributed by atoms with Crippen LogP contribution < -0.4 is 15.4 Å². The number of carbonyl (C=O) groups is 1. The van der Waals surface area contributed by atoms with Gasteiger partial charge in [-0.15, -0.1) is 0 Å². The van der Waals surface area contributed by atoms with E-state index in [2.05, 4.69) is 29.7 Å². The molecule has 23 heavy (non-hydrogen) atoms. The monoisotopic (exact) mass is 316 g/mol. The second-order valence-corrected chi connectivity index (χ2v) is 7.16. The van der Waals surface area contributed by atoms with E-state index >= 15 is 0 Å². The SMILES string of the molecule is COc1ccc(C(NC(=O)NC2CCC(C)CC2)C2CC2)cc1. The molecule has 0 saturated heterocycles. The van der Waals surface area contributed by atoms with Gasteiger partial charge in [-0.2, -0.15) is 0 Å². The average Bonchev–Trinajstić information content (AvgIpc) is 3.40. The van der Waals surface area contributed by atoms with Crippen LogP contribution in [0.5, 0.6) is 5.75 Å². The Morgan fingerprint density at radius 2 is 1.74 bits per heavy atom. The summed E-state index contributed by atoms with van der Waals surface area (Å²) < 4.78 is 5.22. The molecule has 1 atom stereocenters. The van der Waals surface area contributed by atoms with Crippen molar-refractivity contribution in [2.75, 3.05) is 7.11 Å². The van der Waals surface area contributed by atoms with E-state index in [1.54, 1.807) is 7.11 Å². The summed E-state index contributed by atoms with van der Waals surface area (Å²) in [6.45, 7) is 2.29. The number of carbonyl (C=O) groups excluding carboxylic acids is 1. The van der Waals surface area contributed by atoms with Gasteiger partial charge in [-0.3, -0.25) is 0 Å². The molecule has 0 heterocycles. The van der Waals surface area contributed by atoms with Crippen LogP contribution in [0, 0.1) is 11.8 Å². The zero-order chi connectivity index (χ0) is 16.2. The van der Waals surface area contributed by atoms with E-state index < -0.39 is 0 Å². The molecule has 126 valence electrons. The summed E-state index contributed by atoms with van der Waals surface area (Å²) in [7, 11) is 1.67. The Balaban J connectivity index is 1.57. The summed E-state index contributed by atoms with van der Waals surface area (Å²) in [5.74, 6) is 2.22. The van der Waals surface area contributed by atoms with Crippen molar-refractivity contribution in [1.82, 2.24) is 10.6 Å². The van der Waals surface area contributed by atoms with Gasteiger partial charge in [0.2, 0.25) is 0 Å². The minimum Gasteiger partial charge on any atom is -0.497 e. The molecule has 1 unspecified atom stereocenters. The van der Waals surface area contributed by atoms with Crippen molar-refractivity contribution in [3.8, 4) is 5.75 Å². The Bertz CT molecular complexity index is 517. The maximum absolute atomic E-state index is 12.4. The molecule has 0 aliphatic heterocycles. The predicted octanol–water partition coefficient (Wildman–Crippen LogP) is 4.02. The molecule has 0 aromatic heterocycles. The molecule has 4 heteroatoms. The van der Waals surface area contributed by atoms with Gasteiger partial charge in [-0.25, -0.2) is 4.79 Å². The number of ether oxygens (including phenoxy) is 1. The van der Waals surface area contributed by atoms with Crippen molar-refractivity contribution in [3.63, 3.8) is 0 Å². The van der Waals surface area contributed by atoms with Crippen molar-refractivity contribution in [1.29, 1.82) is 0 Å². The summed E-state index contributed by atoms with van der Waals surface area (Å²) >= 11 is 0. The lowest BCUT2D eigenvalue weighted by Crippen LogP contribution is -2.45. The van der Waals surface area contributed by atoms with Gasteiger partial charge in [-0.05, 0) is 68.1 Å². The van der Waals surface area contributed by atoms with Crippen molar-refractivity contribution in [2.24, 2.45) is 11.8 Å². The number of hydrogen-bond donors (Lipinski definition) is 2. The van der Waals surface area contributed by atoms with Crippen LogP contribution in [0.15, 0.2) is 24.3 Å². The predicted molar refractivity (Wildman–Crippen MR) is 91.5 cm³/mol. The standard InChI is InChI=1S/C19H28N2O2/c1-13-3-9-16(10-4-13)20-19(22)21-18(14-5-6-14)15-7-11-17(23-2)12-8-15/h7-8,11-14,16,18H,3-6,9-10H2,1-2H3,(H2,20,21,22). The van der Waals surface area contributed by atoms with E-state index in [1.165, 1.54) is 31.2 Å². The third kappa shape index (κ3) is 4.40. The molecule has 0 spiro atoms. The maximum atomic E-state index is 12.4. The number of amides is 2. The average molecular weight is 316 g/mol. The molecule has 2 saturated carbocycles. The van der Waals surface area contributed by atoms with Crippen molar-refractivity contribution >= 4 is 6.03 Å². The summed E-state index contributed by atoms with van der Waals surface area (Å²) in [5, 5.41) is 6.37. The molecule has 0 bridgehead atoms. The van der Waals surface area contributed by atoms with Gasteiger partial charge in [0.05, 0.1) is 13.2 Å². The van der Waals surface area contributed by atoms with E-state index in [0.29, 0.717) is 12.0 Å². The first kappa shape index (κ1) is 16.2. The Hall–Kier alpha value is -1.71. The molecule has 2 N–H and O–H groups in total. The lowest BCUT2D eigenvalue weighted by atomic mass is 9.87. The number of hydrogen-bond acceptors (Lipinski definition) is 2. The van der Waals surface area contributed by atoms with Crippen LogP contribution >= 0.6 is 0 Å². The van der Waals surface area contributed by atoms with Gasteiger partial charge in [0, 0.05) is 6.04 Å². The molecule has 3 rings (SSSR count). The van der Waals surface area contributed by atoms with Crippen LogP contribution in [0.2, 0.25) is 0 Å². The highest BCUT2D eigenvalue weighted by Crippen LogP contribution is 2.41.